The molecule has 0 fully saturated rings. The maximum atomic E-state index is 12.4. The van der Waals surface area contributed by atoms with E-state index in [1.165, 1.54) is 36.4 Å². The number of alkyl halides is 3. The Kier molecular flexibility index (Phi) is 7.65. The van der Waals surface area contributed by atoms with Crippen molar-refractivity contribution >= 4 is 16.2 Å². The first-order valence-corrected chi connectivity index (χ1v) is 10.0. The highest BCUT2D eigenvalue weighted by atomic mass is 32.2. The molecule has 0 spiro atoms. The summed E-state index contributed by atoms with van der Waals surface area (Å²) in [7, 11) is -4.07. The molecule has 0 aliphatic heterocycles. The molecule has 0 aliphatic rings. The molecule has 164 valence electrons. The van der Waals surface area contributed by atoms with Crippen LogP contribution in [0.3, 0.4) is 0 Å². The van der Waals surface area contributed by atoms with Crippen molar-refractivity contribution in [3.05, 3.63) is 48.5 Å². The number of carbonyl (C=O) groups excluding carboxylic acids is 1. The fourth-order valence-corrected chi connectivity index (χ4v) is 3.64. The fraction of sp³-hybridized carbons (Fsp3) is 0.278. The van der Waals surface area contributed by atoms with Gasteiger partial charge in [0.05, 0.1) is 4.90 Å². The molecule has 0 saturated heterocycles. The number of nitrogens with zero attached hydrogens (tertiary/aromatic N) is 1. The minimum absolute atomic E-state index is 0.0604. The third-order valence-electron chi connectivity index (χ3n) is 3.76. The van der Waals surface area contributed by atoms with Gasteiger partial charge < -0.3 is 14.6 Å². The van der Waals surface area contributed by atoms with Gasteiger partial charge in [0.1, 0.15) is 17.2 Å². The van der Waals surface area contributed by atoms with E-state index in [4.69, 9.17) is 9.94 Å². The van der Waals surface area contributed by atoms with Crippen molar-refractivity contribution in [1.82, 2.24) is 5.06 Å². The predicted molar refractivity (Wildman–Crippen MR) is 96.6 cm³/mol. The van der Waals surface area contributed by atoms with Gasteiger partial charge in [-0.05, 0) is 61.4 Å². The molecule has 0 aliphatic carbocycles. The molecule has 0 radical (unpaired) electrons. The number of aliphatic hydroxyl groups is 1. The summed E-state index contributed by atoms with van der Waals surface area (Å²) in [6.45, 7) is -0.129. The van der Waals surface area contributed by atoms with Crippen LogP contribution in [-0.4, -0.2) is 48.5 Å². The third-order valence-corrected chi connectivity index (χ3v) is 5.64. The van der Waals surface area contributed by atoms with Crippen molar-refractivity contribution in [2.45, 2.75) is 29.5 Å². The number of hydroxylamine groups is 2. The maximum Gasteiger partial charge on any atom is 0.573 e. The van der Waals surface area contributed by atoms with Gasteiger partial charge in [0, 0.05) is 6.54 Å². The van der Waals surface area contributed by atoms with E-state index in [1.54, 1.807) is 0 Å². The summed E-state index contributed by atoms with van der Waals surface area (Å²) in [6.07, 6.45) is -4.78. The molecule has 30 heavy (non-hydrogen) atoms. The Hall–Kier alpha value is -2.83. The minimum Gasteiger partial charge on any atom is -0.457 e. The highest BCUT2D eigenvalue weighted by Crippen LogP contribution is 2.28. The van der Waals surface area contributed by atoms with Crippen LogP contribution in [0.5, 0.6) is 17.2 Å². The van der Waals surface area contributed by atoms with E-state index in [1.807, 2.05) is 0 Å². The number of rotatable bonds is 10. The van der Waals surface area contributed by atoms with Gasteiger partial charge in [-0.15, -0.1) is 13.2 Å². The molecule has 2 aromatic carbocycles. The Balaban J connectivity index is 1.99. The molecular weight excluding hydrogens is 431 g/mol. The van der Waals surface area contributed by atoms with Crippen LogP contribution in [-0.2, 0) is 14.6 Å². The highest BCUT2D eigenvalue weighted by molar-refractivity contribution is 7.91. The van der Waals surface area contributed by atoms with Crippen LogP contribution >= 0.6 is 0 Å². The van der Waals surface area contributed by atoms with Gasteiger partial charge >= 0.3 is 6.36 Å². The number of hydrogen-bond donors (Lipinski definition) is 2. The zero-order valence-electron chi connectivity index (χ0n) is 15.3. The molecular formula is C18H18F3NO7S. The van der Waals surface area contributed by atoms with Gasteiger partial charge in [-0.3, -0.25) is 10.0 Å². The largest absolute Gasteiger partial charge is 0.573 e. The van der Waals surface area contributed by atoms with Crippen LogP contribution in [0.4, 0.5) is 13.2 Å². The quantitative estimate of drug-likeness (QED) is 0.326. The van der Waals surface area contributed by atoms with Crippen molar-refractivity contribution in [2.24, 2.45) is 0 Å². The molecule has 0 heterocycles. The first kappa shape index (κ1) is 23.4. The van der Waals surface area contributed by atoms with E-state index >= 15 is 0 Å². The lowest BCUT2D eigenvalue weighted by molar-refractivity contribution is -0.274. The topological polar surface area (TPSA) is 113 Å². The highest BCUT2D eigenvalue weighted by Gasteiger charge is 2.31. The van der Waals surface area contributed by atoms with E-state index in [0.29, 0.717) is 5.06 Å². The Morgan fingerprint density at radius 3 is 2.00 bits per heavy atom. The van der Waals surface area contributed by atoms with Crippen LogP contribution in [0.2, 0.25) is 0 Å². The standard InChI is InChI=1S/C18H18F3NO7S/c19-18(20,21)29-15-5-3-13(4-6-15)28-14-7-9-16(10-8-14)30(26,27)17(24)2-1-11-22(25)12-23/h3-10,12,17,24-25H,1-2,11H2. The lowest BCUT2D eigenvalue weighted by Crippen LogP contribution is -2.24. The first-order chi connectivity index (χ1) is 14.0. The summed E-state index contributed by atoms with van der Waals surface area (Å²) < 4.78 is 70.4. The van der Waals surface area contributed by atoms with Crippen LogP contribution in [0.1, 0.15) is 12.8 Å². The number of ether oxygens (including phenoxy) is 2. The number of amides is 1. The number of halogens is 3. The lowest BCUT2D eigenvalue weighted by Gasteiger charge is -2.14. The van der Waals surface area contributed by atoms with Crippen molar-refractivity contribution in [3.63, 3.8) is 0 Å². The fourth-order valence-electron chi connectivity index (χ4n) is 2.34. The molecule has 2 N–H and O–H groups in total. The third kappa shape index (κ3) is 6.90. The number of aliphatic hydroxyl groups excluding tert-OH is 1. The van der Waals surface area contributed by atoms with E-state index in [-0.39, 0.29) is 42.2 Å². The van der Waals surface area contributed by atoms with Crippen molar-refractivity contribution in [1.29, 1.82) is 0 Å². The normalized spacial score (nSPS) is 12.8. The van der Waals surface area contributed by atoms with Crippen LogP contribution in [0.25, 0.3) is 0 Å². The van der Waals surface area contributed by atoms with Crippen molar-refractivity contribution in [3.8, 4) is 17.2 Å². The number of carbonyl (C=O) groups is 1. The average Bonchev–Trinajstić information content (AvgIpc) is 2.68. The molecule has 2 aromatic rings. The van der Waals surface area contributed by atoms with Crippen LogP contribution in [0.15, 0.2) is 53.4 Å². The van der Waals surface area contributed by atoms with E-state index in [2.05, 4.69) is 4.74 Å². The summed E-state index contributed by atoms with van der Waals surface area (Å²) in [5, 5.41) is 19.2. The summed E-state index contributed by atoms with van der Waals surface area (Å²) in [6, 6.07) is 9.69. The SMILES string of the molecule is O=CN(O)CCCC(O)S(=O)(=O)c1ccc(Oc2ccc(OC(F)(F)F)cc2)cc1. The predicted octanol–water partition coefficient (Wildman–Crippen LogP) is 3.10. The smallest absolute Gasteiger partial charge is 0.457 e. The summed E-state index contributed by atoms with van der Waals surface area (Å²) >= 11 is 0. The second-order valence-electron chi connectivity index (χ2n) is 6.00. The van der Waals surface area contributed by atoms with Crippen LogP contribution < -0.4 is 9.47 Å². The Bertz CT molecular complexity index is 932. The zero-order chi connectivity index (χ0) is 22.4. The molecule has 12 heteroatoms. The molecule has 1 amide bonds. The van der Waals surface area contributed by atoms with E-state index in [0.717, 1.165) is 12.1 Å². The first-order valence-electron chi connectivity index (χ1n) is 8.48. The molecule has 0 aromatic heterocycles. The molecule has 2 rings (SSSR count). The van der Waals surface area contributed by atoms with Gasteiger partial charge in [0.2, 0.25) is 16.2 Å². The minimum atomic E-state index is -4.81. The molecule has 1 unspecified atom stereocenters. The van der Waals surface area contributed by atoms with E-state index < -0.39 is 27.4 Å². The lowest BCUT2D eigenvalue weighted by atomic mass is 10.3. The van der Waals surface area contributed by atoms with E-state index in [9.17, 15) is 31.5 Å². The monoisotopic (exact) mass is 449 g/mol. The zero-order valence-corrected chi connectivity index (χ0v) is 16.1. The Morgan fingerprint density at radius 2 is 1.50 bits per heavy atom. The molecule has 0 bridgehead atoms. The Morgan fingerprint density at radius 1 is 1.00 bits per heavy atom. The summed E-state index contributed by atoms with van der Waals surface area (Å²) in [5.74, 6) is 0.00137. The average molecular weight is 449 g/mol. The van der Waals surface area contributed by atoms with Gasteiger partial charge in [0.25, 0.3) is 0 Å². The summed E-state index contributed by atoms with van der Waals surface area (Å²) in [4.78, 5) is 10.1. The second-order valence-corrected chi connectivity index (χ2v) is 8.11. The molecule has 1 atom stereocenters. The maximum absolute atomic E-state index is 12.4. The number of benzene rings is 2. The van der Waals surface area contributed by atoms with Gasteiger partial charge in [-0.1, -0.05) is 0 Å². The molecule has 0 saturated carbocycles. The summed E-state index contributed by atoms with van der Waals surface area (Å²) in [5.41, 5.74) is -1.73. The Labute approximate surface area is 169 Å². The van der Waals surface area contributed by atoms with Crippen molar-refractivity contribution in [2.75, 3.05) is 6.54 Å². The second kappa shape index (κ2) is 9.78. The van der Waals surface area contributed by atoms with Crippen LogP contribution in [0, 0.1) is 0 Å². The van der Waals surface area contributed by atoms with Gasteiger partial charge in [-0.25, -0.2) is 13.5 Å². The molecule has 8 nitrogen and oxygen atoms in total. The van der Waals surface area contributed by atoms with Crippen molar-refractivity contribution < 1.29 is 46.2 Å². The number of hydrogen-bond acceptors (Lipinski definition) is 7. The van der Waals surface area contributed by atoms with Gasteiger partial charge in [0.15, 0.2) is 5.44 Å². The number of sulfone groups is 1. The van der Waals surface area contributed by atoms with Gasteiger partial charge in [-0.2, -0.15) is 0 Å².